The number of anilines is 1. The van der Waals surface area contributed by atoms with Crippen molar-refractivity contribution >= 4 is 55.7 Å². The van der Waals surface area contributed by atoms with Gasteiger partial charge in [0, 0.05) is 9.75 Å². The molecule has 9 heteroatoms. The molecule has 3 aromatic rings. The van der Waals surface area contributed by atoms with Crippen molar-refractivity contribution in [2.75, 3.05) is 5.32 Å². The van der Waals surface area contributed by atoms with Crippen molar-refractivity contribution in [1.29, 1.82) is 0 Å². The normalized spacial score (nSPS) is 15.1. The number of carbonyl (C=O) groups is 1. The third kappa shape index (κ3) is 4.41. The van der Waals surface area contributed by atoms with Crippen molar-refractivity contribution < 1.29 is 4.79 Å². The van der Waals surface area contributed by atoms with Crippen LogP contribution in [0.25, 0.3) is 10.2 Å². The Morgan fingerprint density at radius 2 is 2.00 bits per heavy atom. The van der Waals surface area contributed by atoms with E-state index in [2.05, 4.69) is 20.3 Å². The Morgan fingerprint density at radius 3 is 2.83 bits per heavy atom. The van der Waals surface area contributed by atoms with E-state index in [1.54, 1.807) is 11.3 Å². The fourth-order valence-electron chi connectivity index (χ4n) is 3.44. The highest BCUT2D eigenvalue weighted by atomic mass is 32.2. The van der Waals surface area contributed by atoms with Crippen LogP contribution >= 0.6 is 34.4 Å². The van der Waals surface area contributed by atoms with E-state index in [9.17, 15) is 9.59 Å². The van der Waals surface area contributed by atoms with Gasteiger partial charge in [0.25, 0.3) is 5.56 Å². The number of rotatable bonds is 5. The zero-order valence-corrected chi connectivity index (χ0v) is 19.2. The number of H-pyrrole nitrogens is 1. The summed E-state index contributed by atoms with van der Waals surface area (Å²) in [5.41, 5.74) is 2.04. The van der Waals surface area contributed by atoms with Crippen LogP contribution in [0.15, 0.2) is 4.79 Å². The first-order valence-corrected chi connectivity index (χ1v) is 12.5. The van der Waals surface area contributed by atoms with Crippen LogP contribution in [0.1, 0.15) is 53.0 Å². The minimum atomic E-state index is -0.272. The summed E-state index contributed by atoms with van der Waals surface area (Å²) in [5, 5.41) is 4.07. The summed E-state index contributed by atoms with van der Waals surface area (Å²) in [6, 6.07) is 0. The molecule has 4 rings (SSSR count). The van der Waals surface area contributed by atoms with E-state index in [-0.39, 0.29) is 16.7 Å². The number of fused-ring (bicyclic) bond motifs is 2. The Labute approximate surface area is 181 Å². The molecule has 1 atom stereocenters. The molecule has 3 heterocycles. The Balaban J connectivity index is 1.39. The molecule has 1 aliphatic carbocycles. The number of nitrogens with zero attached hydrogens (tertiary/aromatic N) is 2. The van der Waals surface area contributed by atoms with E-state index in [0.29, 0.717) is 22.1 Å². The minimum Gasteiger partial charge on any atom is -0.309 e. The molecule has 0 unspecified atom stereocenters. The Kier molecular flexibility index (Phi) is 6.08. The number of carbonyl (C=O) groups excluding carboxylic acids is 1. The van der Waals surface area contributed by atoms with Gasteiger partial charge in [-0.2, -0.15) is 0 Å². The van der Waals surface area contributed by atoms with Crippen molar-refractivity contribution in [2.45, 2.75) is 63.9 Å². The van der Waals surface area contributed by atoms with Gasteiger partial charge in [-0.1, -0.05) is 6.42 Å². The van der Waals surface area contributed by atoms with Crippen LogP contribution < -0.4 is 10.9 Å². The highest BCUT2D eigenvalue weighted by molar-refractivity contribution is 7.99. The topological polar surface area (TPSA) is 87.7 Å². The number of aryl methyl sites for hydroxylation is 4. The van der Waals surface area contributed by atoms with Crippen molar-refractivity contribution in [3.63, 3.8) is 0 Å². The van der Waals surface area contributed by atoms with Gasteiger partial charge in [-0.15, -0.1) is 34.4 Å². The summed E-state index contributed by atoms with van der Waals surface area (Å²) < 4.78 is 0. The highest BCUT2D eigenvalue weighted by Gasteiger charge is 2.19. The molecular weight excluding hydrogens is 424 g/mol. The second-order valence-corrected chi connectivity index (χ2v) is 11.0. The van der Waals surface area contributed by atoms with Gasteiger partial charge in [0.15, 0.2) is 5.13 Å². The summed E-state index contributed by atoms with van der Waals surface area (Å²) in [5.74, 6) is 1.02. The smallest absolute Gasteiger partial charge is 0.259 e. The van der Waals surface area contributed by atoms with Gasteiger partial charge >= 0.3 is 0 Å². The van der Waals surface area contributed by atoms with Crippen LogP contribution in [0.3, 0.4) is 0 Å². The second kappa shape index (κ2) is 8.57. The van der Waals surface area contributed by atoms with E-state index < -0.39 is 0 Å². The predicted molar refractivity (Wildman–Crippen MR) is 122 cm³/mol. The molecule has 0 fully saturated rings. The van der Waals surface area contributed by atoms with E-state index in [1.165, 1.54) is 47.2 Å². The highest BCUT2D eigenvalue weighted by Crippen LogP contribution is 2.30. The maximum absolute atomic E-state index is 12.6. The molecule has 0 aliphatic heterocycles. The van der Waals surface area contributed by atoms with Crippen LogP contribution in [0.5, 0.6) is 0 Å². The lowest BCUT2D eigenvalue weighted by molar-refractivity contribution is -0.115. The SMILES string of the molecule is Cc1sc2nc(CS[C@@H](C)C(=O)Nc3nc4c(s3)CCCCC4)[nH]c(=O)c2c1C. The van der Waals surface area contributed by atoms with Gasteiger partial charge < -0.3 is 10.3 Å². The molecule has 0 aromatic carbocycles. The zero-order chi connectivity index (χ0) is 20.5. The summed E-state index contributed by atoms with van der Waals surface area (Å²) in [4.78, 5) is 40.2. The van der Waals surface area contributed by atoms with Crippen LogP contribution in [0.2, 0.25) is 0 Å². The van der Waals surface area contributed by atoms with E-state index >= 15 is 0 Å². The Bertz CT molecular complexity index is 1090. The molecule has 1 aliphatic rings. The summed E-state index contributed by atoms with van der Waals surface area (Å²) in [7, 11) is 0. The number of amides is 1. The van der Waals surface area contributed by atoms with Crippen LogP contribution in [0.4, 0.5) is 5.13 Å². The molecule has 154 valence electrons. The lowest BCUT2D eigenvalue weighted by Gasteiger charge is -2.10. The molecule has 0 saturated carbocycles. The second-order valence-electron chi connectivity index (χ2n) is 7.37. The number of aromatic amines is 1. The van der Waals surface area contributed by atoms with Crippen LogP contribution in [-0.2, 0) is 23.4 Å². The molecule has 0 saturated heterocycles. The Hall–Kier alpha value is -1.71. The number of hydrogen-bond acceptors (Lipinski definition) is 7. The van der Waals surface area contributed by atoms with Crippen molar-refractivity contribution in [2.24, 2.45) is 0 Å². The van der Waals surface area contributed by atoms with Gasteiger partial charge in [0.2, 0.25) is 5.91 Å². The standard InChI is InChI=1S/C20H24N4O2S3/c1-10-11(2)28-19-16(10)18(26)22-15(23-19)9-27-12(3)17(25)24-20-21-13-7-5-4-6-8-14(13)29-20/h12H,4-9H2,1-3H3,(H,21,24,25)(H,22,23,26)/t12-/m0/s1. The molecule has 1 amide bonds. The van der Waals surface area contributed by atoms with Gasteiger partial charge in [-0.3, -0.25) is 9.59 Å². The summed E-state index contributed by atoms with van der Waals surface area (Å²) >= 11 is 4.60. The molecule has 6 nitrogen and oxygen atoms in total. The van der Waals surface area contributed by atoms with Gasteiger partial charge in [0.05, 0.1) is 22.1 Å². The van der Waals surface area contributed by atoms with Crippen molar-refractivity contribution in [3.05, 3.63) is 37.2 Å². The van der Waals surface area contributed by atoms with Crippen LogP contribution in [0, 0.1) is 13.8 Å². The van der Waals surface area contributed by atoms with Crippen LogP contribution in [-0.4, -0.2) is 26.1 Å². The minimum absolute atomic E-state index is 0.0647. The first-order valence-electron chi connectivity index (χ1n) is 9.82. The van der Waals surface area contributed by atoms with E-state index in [1.807, 2.05) is 20.8 Å². The average Bonchev–Trinajstić information content (AvgIpc) is 3.10. The molecule has 29 heavy (non-hydrogen) atoms. The van der Waals surface area contributed by atoms with Crippen molar-refractivity contribution in [1.82, 2.24) is 15.0 Å². The quantitative estimate of drug-likeness (QED) is 0.558. The predicted octanol–water partition coefficient (Wildman–Crippen LogP) is 4.59. The zero-order valence-electron chi connectivity index (χ0n) is 16.8. The largest absolute Gasteiger partial charge is 0.309 e. The number of thioether (sulfide) groups is 1. The summed E-state index contributed by atoms with van der Waals surface area (Å²) in [6.45, 7) is 5.82. The van der Waals surface area contributed by atoms with E-state index in [0.717, 1.165) is 33.8 Å². The summed E-state index contributed by atoms with van der Waals surface area (Å²) in [6.07, 6.45) is 5.71. The number of aromatic nitrogens is 3. The monoisotopic (exact) mass is 448 g/mol. The van der Waals surface area contributed by atoms with E-state index in [4.69, 9.17) is 0 Å². The maximum Gasteiger partial charge on any atom is 0.259 e. The lowest BCUT2D eigenvalue weighted by atomic mass is 10.2. The molecule has 2 N–H and O–H groups in total. The number of thiazole rings is 1. The fraction of sp³-hybridized carbons (Fsp3) is 0.500. The van der Waals surface area contributed by atoms with Gasteiger partial charge in [0.1, 0.15) is 10.7 Å². The first-order chi connectivity index (χ1) is 13.9. The first kappa shape index (κ1) is 20.6. The third-order valence-electron chi connectivity index (χ3n) is 5.25. The molecule has 0 bridgehead atoms. The lowest BCUT2D eigenvalue weighted by Crippen LogP contribution is -2.23. The number of nitrogens with one attached hydrogen (secondary N) is 2. The average molecular weight is 449 g/mol. The molecular formula is C20H24N4O2S3. The number of thiophene rings is 1. The fourth-order valence-corrected chi connectivity index (χ4v) is 6.29. The maximum atomic E-state index is 12.6. The van der Waals surface area contributed by atoms with Crippen molar-refractivity contribution in [3.8, 4) is 0 Å². The molecule has 0 radical (unpaired) electrons. The molecule has 0 spiro atoms. The third-order valence-corrected chi connectivity index (χ3v) is 8.58. The number of hydrogen-bond donors (Lipinski definition) is 2. The van der Waals surface area contributed by atoms with Gasteiger partial charge in [-0.25, -0.2) is 9.97 Å². The van der Waals surface area contributed by atoms with Gasteiger partial charge in [-0.05, 0) is 52.0 Å². The Morgan fingerprint density at radius 1 is 1.21 bits per heavy atom. The molecule has 3 aromatic heterocycles.